The van der Waals surface area contributed by atoms with Gasteiger partial charge in [-0.05, 0) is 40.2 Å². The van der Waals surface area contributed by atoms with Crippen LogP contribution in [-0.2, 0) is 16.1 Å². The van der Waals surface area contributed by atoms with Crippen molar-refractivity contribution in [3.8, 4) is 11.4 Å². The number of nitrogens with one attached hydrogen (secondary N) is 1. The molecular weight excluding hydrogens is 432 g/mol. The molecule has 0 atom stereocenters. The van der Waals surface area contributed by atoms with Crippen LogP contribution in [0.25, 0.3) is 11.4 Å². The molecule has 2 aromatic heterocycles. The van der Waals surface area contributed by atoms with Crippen LogP contribution in [0.4, 0.5) is 5.00 Å². The minimum absolute atomic E-state index is 0.157. The van der Waals surface area contributed by atoms with Gasteiger partial charge in [0.2, 0.25) is 5.91 Å². The fraction of sp³-hybridized carbons (Fsp3) is 0.364. The number of rotatable bonds is 8. The van der Waals surface area contributed by atoms with E-state index in [0.717, 1.165) is 21.8 Å². The van der Waals surface area contributed by atoms with E-state index in [1.165, 1.54) is 28.7 Å². The van der Waals surface area contributed by atoms with Gasteiger partial charge in [-0.25, -0.2) is 4.79 Å². The molecule has 0 spiro atoms. The van der Waals surface area contributed by atoms with Crippen molar-refractivity contribution in [1.82, 2.24) is 14.8 Å². The number of aromatic nitrogens is 3. The molecule has 0 aliphatic rings. The van der Waals surface area contributed by atoms with Gasteiger partial charge in [-0.1, -0.05) is 41.6 Å². The number of ether oxygens (including phenoxy) is 1. The first kappa shape index (κ1) is 23.0. The third-order valence-corrected chi connectivity index (χ3v) is 6.88. The van der Waals surface area contributed by atoms with Gasteiger partial charge in [0.25, 0.3) is 0 Å². The molecule has 164 valence electrons. The number of aryl methyl sites for hydroxylation is 2. The van der Waals surface area contributed by atoms with Gasteiger partial charge in [0.05, 0.1) is 17.9 Å². The van der Waals surface area contributed by atoms with Gasteiger partial charge in [0, 0.05) is 17.0 Å². The highest BCUT2D eigenvalue weighted by molar-refractivity contribution is 7.99. The number of nitrogens with zero attached hydrogens (tertiary/aromatic N) is 3. The van der Waals surface area contributed by atoms with Crippen molar-refractivity contribution in [1.29, 1.82) is 0 Å². The lowest BCUT2D eigenvalue weighted by Crippen LogP contribution is -2.17. The zero-order valence-electron chi connectivity index (χ0n) is 18.3. The van der Waals surface area contributed by atoms with Crippen LogP contribution in [0, 0.1) is 20.8 Å². The molecule has 0 saturated carbocycles. The second-order valence-corrected chi connectivity index (χ2v) is 9.13. The van der Waals surface area contributed by atoms with Crippen molar-refractivity contribution < 1.29 is 14.3 Å². The molecule has 9 heteroatoms. The fourth-order valence-electron chi connectivity index (χ4n) is 3.05. The molecular formula is C22H26N4O3S2. The molecule has 0 saturated heterocycles. The summed E-state index contributed by atoms with van der Waals surface area (Å²) in [5.74, 6) is 0.309. The number of thioether (sulfide) groups is 1. The Morgan fingerprint density at radius 2 is 1.84 bits per heavy atom. The summed E-state index contributed by atoms with van der Waals surface area (Å²) >= 11 is 2.70. The Bertz CT molecular complexity index is 1090. The first-order valence-corrected chi connectivity index (χ1v) is 11.9. The lowest BCUT2D eigenvalue weighted by molar-refractivity contribution is -0.113. The molecule has 0 bridgehead atoms. The Kier molecular flexibility index (Phi) is 7.50. The second-order valence-electron chi connectivity index (χ2n) is 6.96. The predicted octanol–water partition coefficient (Wildman–Crippen LogP) is 4.86. The highest BCUT2D eigenvalue weighted by atomic mass is 32.2. The zero-order valence-corrected chi connectivity index (χ0v) is 19.9. The first-order chi connectivity index (χ1) is 14.8. The molecule has 0 aliphatic heterocycles. The number of thiophene rings is 1. The summed E-state index contributed by atoms with van der Waals surface area (Å²) < 4.78 is 7.14. The van der Waals surface area contributed by atoms with Gasteiger partial charge in [-0.15, -0.1) is 21.5 Å². The van der Waals surface area contributed by atoms with Crippen LogP contribution >= 0.6 is 23.1 Å². The zero-order chi connectivity index (χ0) is 22.5. The number of hydrogen-bond donors (Lipinski definition) is 1. The van der Waals surface area contributed by atoms with Gasteiger partial charge in [0.1, 0.15) is 5.00 Å². The van der Waals surface area contributed by atoms with Crippen LogP contribution in [0.5, 0.6) is 0 Å². The maximum absolute atomic E-state index is 12.6. The number of esters is 1. The number of carbonyl (C=O) groups is 2. The van der Waals surface area contributed by atoms with Crippen LogP contribution in [0.15, 0.2) is 29.4 Å². The number of anilines is 1. The van der Waals surface area contributed by atoms with Crippen molar-refractivity contribution in [3.05, 3.63) is 45.8 Å². The Labute approximate surface area is 190 Å². The van der Waals surface area contributed by atoms with Crippen molar-refractivity contribution in [2.45, 2.75) is 46.3 Å². The Balaban J connectivity index is 1.72. The van der Waals surface area contributed by atoms with Crippen molar-refractivity contribution in [2.75, 3.05) is 17.7 Å². The molecule has 7 nitrogen and oxygen atoms in total. The average molecular weight is 459 g/mol. The quantitative estimate of drug-likeness (QED) is 0.383. The largest absolute Gasteiger partial charge is 0.462 e. The standard InChI is InChI=1S/C22H26N4O3S2/c1-6-26-19(16-10-8-13(3)9-11-16)24-25-22(26)30-12-17(27)23-20-18(21(28)29-7-2)14(4)15(5)31-20/h8-11H,6-7,12H2,1-5H3,(H,23,27). The maximum atomic E-state index is 12.6. The third kappa shape index (κ3) is 5.16. The van der Waals surface area contributed by atoms with E-state index >= 15 is 0 Å². The second kappa shape index (κ2) is 10.1. The van der Waals surface area contributed by atoms with Crippen LogP contribution in [0.1, 0.15) is 40.2 Å². The molecule has 2 heterocycles. The van der Waals surface area contributed by atoms with Gasteiger partial charge in [-0.2, -0.15) is 0 Å². The highest BCUT2D eigenvalue weighted by Gasteiger charge is 2.22. The molecule has 1 aromatic carbocycles. The van der Waals surface area contributed by atoms with E-state index in [1.807, 2.05) is 56.5 Å². The molecule has 0 unspecified atom stereocenters. The maximum Gasteiger partial charge on any atom is 0.341 e. The molecule has 0 radical (unpaired) electrons. The van der Waals surface area contributed by atoms with Gasteiger partial charge < -0.3 is 14.6 Å². The minimum atomic E-state index is -0.416. The summed E-state index contributed by atoms with van der Waals surface area (Å²) in [5, 5.41) is 12.7. The summed E-state index contributed by atoms with van der Waals surface area (Å²) in [4.78, 5) is 25.9. The van der Waals surface area contributed by atoms with E-state index in [4.69, 9.17) is 4.74 Å². The summed E-state index contributed by atoms with van der Waals surface area (Å²) in [7, 11) is 0. The molecule has 0 fully saturated rings. The van der Waals surface area contributed by atoms with E-state index in [0.29, 0.717) is 22.3 Å². The van der Waals surface area contributed by atoms with Crippen LogP contribution in [0.3, 0.4) is 0 Å². The average Bonchev–Trinajstić information content (AvgIpc) is 3.27. The molecule has 3 rings (SSSR count). The van der Waals surface area contributed by atoms with E-state index in [-0.39, 0.29) is 18.3 Å². The third-order valence-electron chi connectivity index (χ3n) is 4.79. The highest BCUT2D eigenvalue weighted by Crippen LogP contribution is 2.33. The summed E-state index contributed by atoms with van der Waals surface area (Å²) in [6.45, 7) is 10.6. The number of carbonyl (C=O) groups excluding carboxylic acids is 2. The fourth-order valence-corrected chi connectivity index (χ4v) is 4.92. The number of benzene rings is 1. The first-order valence-electron chi connectivity index (χ1n) is 10.1. The van der Waals surface area contributed by atoms with Crippen molar-refractivity contribution >= 4 is 40.0 Å². The molecule has 0 aliphatic carbocycles. The molecule has 31 heavy (non-hydrogen) atoms. The van der Waals surface area contributed by atoms with Crippen molar-refractivity contribution in [2.24, 2.45) is 0 Å². The lowest BCUT2D eigenvalue weighted by Gasteiger charge is -2.09. The predicted molar refractivity (Wildman–Crippen MR) is 125 cm³/mol. The van der Waals surface area contributed by atoms with E-state index in [2.05, 4.69) is 15.5 Å². The summed E-state index contributed by atoms with van der Waals surface area (Å²) in [5.41, 5.74) is 3.43. The lowest BCUT2D eigenvalue weighted by atomic mass is 10.1. The van der Waals surface area contributed by atoms with E-state index in [9.17, 15) is 9.59 Å². The Morgan fingerprint density at radius 1 is 1.13 bits per heavy atom. The smallest absolute Gasteiger partial charge is 0.341 e. The van der Waals surface area contributed by atoms with E-state index < -0.39 is 5.97 Å². The van der Waals surface area contributed by atoms with Gasteiger partial charge in [-0.3, -0.25) is 4.79 Å². The summed E-state index contributed by atoms with van der Waals surface area (Å²) in [6, 6.07) is 8.11. The molecule has 1 N–H and O–H groups in total. The molecule has 3 aromatic rings. The number of hydrogen-bond acceptors (Lipinski definition) is 7. The van der Waals surface area contributed by atoms with Crippen molar-refractivity contribution in [3.63, 3.8) is 0 Å². The topological polar surface area (TPSA) is 86.1 Å². The molecule has 1 amide bonds. The minimum Gasteiger partial charge on any atom is -0.462 e. The Morgan fingerprint density at radius 3 is 2.48 bits per heavy atom. The van der Waals surface area contributed by atoms with Gasteiger partial charge >= 0.3 is 5.97 Å². The Hall–Kier alpha value is -2.65. The van der Waals surface area contributed by atoms with Crippen LogP contribution < -0.4 is 5.32 Å². The van der Waals surface area contributed by atoms with Crippen LogP contribution in [0.2, 0.25) is 0 Å². The normalized spacial score (nSPS) is 10.9. The van der Waals surface area contributed by atoms with Gasteiger partial charge in [0.15, 0.2) is 11.0 Å². The number of amides is 1. The van der Waals surface area contributed by atoms with E-state index in [1.54, 1.807) is 6.92 Å². The summed E-state index contributed by atoms with van der Waals surface area (Å²) in [6.07, 6.45) is 0. The monoisotopic (exact) mass is 458 g/mol. The van der Waals surface area contributed by atoms with Crippen LogP contribution in [-0.4, -0.2) is 39.0 Å². The SMILES string of the molecule is CCOC(=O)c1c(NC(=O)CSc2nnc(-c3ccc(C)cc3)n2CC)sc(C)c1C.